The maximum absolute atomic E-state index is 6.75. The van der Waals surface area contributed by atoms with E-state index in [9.17, 15) is 0 Å². The zero-order valence-corrected chi connectivity index (χ0v) is 5.83. The minimum absolute atomic E-state index is 0.417. The molecule has 0 bridgehead atoms. The molecule has 0 spiro atoms. The Morgan fingerprint density at radius 2 is 2.45 bits per heavy atom. The minimum atomic E-state index is 0.417. The van der Waals surface area contributed by atoms with Crippen molar-refractivity contribution in [1.29, 1.82) is 5.41 Å². The second-order valence-electron chi connectivity index (χ2n) is 1.99. The number of nitrogen functional groups attached to an aromatic ring is 1. The molecule has 58 valence electrons. The van der Waals surface area contributed by atoms with Crippen molar-refractivity contribution in [2.45, 2.75) is 0 Å². The van der Waals surface area contributed by atoms with E-state index in [1.807, 2.05) is 0 Å². The van der Waals surface area contributed by atoms with Crippen molar-refractivity contribution in [3.05, 3.63) is 17.8 Å². The fourth-order valence-electron chi connectivity index (χ4n) is 0.706. The van der Waals surface area contributed by atoms with Gasteiger partial charge in [0.25, 0.3) is 0 Å². The predicted molar refractivity (Wildman–Crippen MR) is 43.9 cm³/mol. The van der Waals surface area contributed by atoms with Crippen LogP contribution in [0.3, 0.4) is 0 Å². The predicted octanol–water partition coefficient (Wildman–Crippen LogP) is -0.0589. The Morgan fingerprint density at radius 1 is 1.73 bits per heavy atom. The molecule has 0 amide bonds. The van der Waals surface area contributed by atoms with Crippen molar-refractivity contribution in [3.8, 4) is 0 Å². The SMILES string of the molecule is N=CC=C(N)c1cn[nH]c1N. The molecule has 1 rings (SSSR count). The van der Waals surface area contributed by atoms with Crippen molar-refractivity contribution in [2.75, 3.05) is 5.73 Å². The van der Waals surface area contributed by atoms with E-state index in [-0.39, 0.29) is 0 Å². The lowest BCUT2D eigenvalue weighted by Gasteiger charge is -1.95. The summed E-state index contributed by atoms with van der Waals surface area (Å²) in [4.78, 5) is 0. The van der Waals surface area contributed by atoms with Crippen LogP contribution in [0.4, 0.5) is 5.82 Å². The normalized spacial score (nSPS) is 11.5. The first-order valence-electron chi connectivity index (χ1n) is 3.01. The van der Waals surface area contributed by atoms with E-state index >= 15 is 0 Å². The summed E-state index contributed by atoms with van der Waals surface area (Å²) in [5, 5.41) is 13.0. The largest absolute Gasteiger partial charge is 0.398 e. The summed E-state index contributed by atoms with van der Waals surface area (Å²) >= 11 is 0. The lowest BCUT2D eigenvalue weighted by atomic mass is 10.2. The van der Waals surface area contributed by atoms with E-state index in [0.717, 1.165) is 6.21 Å². The van der Waals surface area contributed by atoms with E-state index in [4.69, 9.17) is 16.9 Å². The molecule has 0 fully saturated rings. The Hall–Kier alpha value is -1.78. The van der Waals surface area contributed by atoms with Gasteiger partial charge in [0.05, 0.1) is 11.8 Å². The number of nitrogens with one attached hydrogen (secondary N) is 2. The molecule has 6 N–H and O–H groups in total. The number of nitrogens with zero attached hydrogens (tertiary/aromatic N) is 1. The summed E-state index contributed by atoms with van der Waals surface area (Å²) in [6.45, 7) is 0. The third kappa shape index (κ3) is 1.37. The summed E-state index contributed by atoms with van der Waals surface area (Å²) in [6, 6.07) is 0. The highest BCUT2D eigenvalue weighted by Gasteiger charge is 2.01. The van der Waals surface area contributed by atoms with Gasteiger partial charge < -0.3 is 16.9 Å². The quantitative estimate of drug-likeness (QED) is 0.445. The highest BCUT2D eigenvalue weighted by atomic mass is 15.1. The molecule has 0 saturated heterocycles. The number of hydrogen-bond acceptors (Lipinski definition) is 4. The van der Waals surface area contributed by atoms with Gasteiger partial charge in [0.2, 0.25) is 0 Å². The van der Waals surface area contributed by atoms with Crippen LogP contribution < -0.4 is 11.5 Å². The van der Waals surface area contributed by atoms with Gasteiger partial charge in [-0.25, -0.2) is 0 Å². The molecule has 1 aromatic heterocycles. The van der Waals surface area contributed by atoms with Crippen LogP contribution in [0.5, 0.6) is 0 Å². The maximum Gasteiger partial charge on any atom is 0.128 e. The van der Waals surface area contributed by atoms with E-state index in [2.05, 4.69) is 10.2 Å². The smallest absolute Gasteiger partial charge is 0.128 e. The molecule has 0 radical (unpaired) electrons. The van der Waals surface area contributed by atoms with Crippen LogP contribution in [0.25, 0.3) is 5.70 Å². The molecule has 0 aliphatic heterocycles. The molecule has 0 aliphatic rings. The highest BCUT2D eigenvalue weighted by Crippen LogP contribution is 2.12. The van der Waals surface area contributed by atoms with E-state index < -0.39 is 0 Å². The van der Waals surface area contributed by atoms with Crippen LogP contribution in [0.1, 0.15) is 5.56 Å². The molecule has 0 saturated carbocycles. The first-order valence-corrected chi connectivity index (χ1v) is 3.01. The molecule has 5 heteroatoms. The number of H-pyrrole nitrogens is 1. The summed E-state index contributed by atoms with van der Waals surface area (Å²) in [5.41, 5.74) is 12.0. The zero-order chi connectivity index (χ0) is 8.27. The lowest BCUT2D eigenvalue weighted by Crippen LogP contribution is -1.98. The van der Waals surface area contributed by atoms with Crippen molar-refractivity contribution in [2.24, 2.45) is 5.73 Å². The van der Waals surface area contributed by atoms with Crippen LogP contribution in [-0.2, 0) is 0 Å². The van der Waals surface area contributed by atoms with Gasteiger partial charge in [-0.05, 0) is 6.08 Å². The summed E-state index contributed by atoms with van der Waals surface area (Å²) in [6.07, 6.45) is 4.06. The molecular formula is C6H9N5. The average molecular weight is 151 g/mol. The minimum Gasteiger partial charge on any atom is -0.398 e. The number of rotatable bonds is 2. The zero-order valence-electron chi connectivity index (χ0n) is 5.83. The number of anilines is 1. The molecule has 1 aromatic rings. The van der Waals surface area contributed by atoms with Crippen molar-refractivity contribution >= 4 is 17.7 Å². The topological polar surface area (TPSA) is 105 Å². The van der Waals surface area contributed by atoms with Crippen LogP contribution in [-0.4, -0.2) is 16.4 Å². The third-order valence-corrected chi connectivity index (χ3v) is 1.24. The van der Waals surface area contributed by atoms with E-state index in [1.165, 1.54) is 12.3 Å². The second-order valence-corrected chi connectivity index (χ2v) is 1.99. The molecule has 0 atom stereocenters. The van der Waals surface area contributed by atoms with Crippen molar-refractivity contribution < 1.29 is 0 Å². The van der Waals surface area contributed by atoms with Gasteiger partial charge in [0, 0.05) is 11.9 Å². The number of aromatic amines is 1. The fourth-order valence-corrected chi connectivity index (χ4v) is 0.706. The van der Waals surface area contributed by atoms with Gasteiger partial charge in [-0.15, -0.1) is 0 Å². The fraction of sp³-hybridized carbons (Fsp3) is 0. The van der Waals surface area contributed by atoms with E-state index in [0.29, 0.717) is 17.1 Å². The average Bonchev–Trinajstić information content (AvgIpc) is 2.36. The lowest BCUT2D eigenvalue weighted by molar-refractivity contribution is 1.10. The molecule has 1 heterocycles. The Balaban J connectivity index is 3.01. The molecule has 0 aromatic carbocycles. The maximum atomic E-state index is 6.75. The van der Waals surface area contributed by atoms with Gasteiger partial charge in [-0.1, -0.05) is 0 Å². The molecule has 11 heavy (non-hydrogen) atoms. The van der Waals surface area contributed by atoms with Gasteiger partial charge in [0.15, 0.2) is 0 Å². The standard InChI is InChI=1S/C6H9N5/c7-2-1-5(8)4-3-10-11-6(4)9/h1-3,7H,8H2,(H3,9,10,11). The van der Waals surface area contributed by atoms with Crippen LogP contribution >= 0.6 is 0 Å². The number of aromatic nitrogens is 2. The van der Waals surface area contributed by atoms with Gasteiger partial charge >= 0.3 is 0 Å². The molecule has 0 aliphatic carbocycles. The van der Waals surface area contributed by atoms with Crippen LogP contribution in [0.15, 0.2) is 12.3 Å². The Labute approximate surface area is 63.6 Å². The number of hydrogen-bond donors (Lipinski definition) is 4. The first kappa shape index (κ1) is 7.33. The van der Waals surface area contributed by atoms with Crippen molar-refractivity contribution in [3.63, 3.8) is 0 Å². The van der Waals surface area contributed by atoms with Crippen LogP contribution in [0, 0.1) is 5.41 Å². The van der Waals surface area contributed by atoms with E-state index in [1.54, 1.807) is 0 Å². The third-order valence-electron chi connectivity index (χ3n) is 1.24. The van der Waals surface area contributed by atoms with Gasteiger partial charge in [-0.3, -0.25) is 5.10 Å². The number of allylic oxidation sites excluding steroid dienone is 1. The summed E-state index contributed by atoms with van der Waals surface area (Å²) in [7, 11) is 0. The summed E-state index contributed by atoms with van der Waals surface area (Å²) in [5.74, 6) is 0.417. The van der Waals surface area contributed by atoms with Gasteiger partial charge in [0.1, 0.15) is 5.82 Å². The highest BCUT2D eigenvalue weighted by molar-refractivity contribution is 5.83. The summed E-state index contributed by atoms with van der Waals surface area (Å²) < 4.78 is 0. The van der Waals surface area contributed by atoms with Crippen LogP contribution in [0.2, 0.25) is 0 Å². The van der Waals surface area contributed by atoms with Crippen molar-refractivity contribution in [1.82, 2.24) is 10.2 Å². The second kappa shape index (κ2) is 2.87. The van der Waals surface area contributed by atoms with Gasteiger partial charge in [-0.2, -0.15) is 5.10 Å². The molecule has 5 nitrogen and oxygen atoms in total. The Kier molecular flexibility index (Phi) is 1.91. The number of nitrogens with two attached hydrogens (primary N) is 2. The first-order chi connectivity index (χ1) is 5.25. The monoisotopic (exact) mass is 151 g/mol. The Morgan fingerprint density at radius 3 is 2.91 bits per heavy atom. The molecular weight excluding hydrogens is 142 g/mol. The Bertz CT molecular complexity index is 285. The molecule has 0 unspecified atom stereocenters.